The zero-order chi connectivity index (χ0) is 11.2. The van der Waals surface area contributed by atoms with Crippen LogP contribution in [0.2, 0.25) is 5.02 Å². The highest BCUT2D eigenvalue weighted by molar-refractivity contribution is 6.30. The Balaban J connectivity index is 2.00. The number of halogens is 1. The predicted molar refractivity (Wildman–Crippen MR) is 69.1 cm³/mol. The topological polar surface area (TPSA) is 24.4 Å². The van der Waals surface area contributed by atoms with Gasteiger partial charge in [-0.05, 0) is 23.8 Å². The van der Waals surface area contributed by atoms with Crippen LogP contribution in [0.5, 0.6) is 0 Å². The second-order valence-electron chi connectivity index (χ2n) is 3.29. The van der Waals surface area contributed by atoms with Crippen LogP contribution in [0, 0.1) is 0 Å². The molecular formula is C13H11ClN2. The Morgan fingerprint density at radius 2 is 1.81 bits per heavy atom. The van der Waals surface area contributed by atoms with E-state index in [1.165, 1.54) is 0 Å². The number of rotatable bonds is 3. The number of nitrogens with one attached hydrogen (secondary N) is 1. The van der Waals surface area contributed by atoms with E-state index in [-0.39, 0.29) is 0 Å². The lowest BCUT2D eigenvalue weighted by Crippen LogP contribution is -1.89. The van der Waals surface area contributed by atoms with Gasteiger partial charge in [-0.1, -0.05) is 48.0 Å². The Kier molecular flexibility index (Phi) is 3.57. The fourth-order valence-electron chi connectivity index (χ4n) is 1.28. The zero-order valence-corrected chi connectivity index (χ0v) is 9.35. The van der Waals surface area contributed by atoms with Gasteiger partial charge in [-0.25, -0.2) is 0 Å². The number of benzene rings is 2. The van der Waals surface area contributed by atoms with Crippen molar-refractivity contribution in [2.75, 3.05) is 5.43 Å². The van der Waals surface area contributed by atoms with Crippen molar-refractivity contribution >= 4 is 23.5 Å². The molecule has 0 amide bonds. The van der Waals surface area contributed by atoms with Gasteiger partial charge in [0, 0.05) is 5.02 Å². The van der Waals surface area contributed by atoms with Crippen LogP contribution in [0.25, 0.3) is 0 Å². The molecule has 0 aromatic heterocycles. The highest BCUT2D eigenvalue weighted by Gasteiger charge is 1.90. The SMILES string of the molecule is Clc1cccc(NN=Cc2ccccc2)c1. The Labute approximate surface area is 99.6 Å². The minimum atomic E-state index is 0.694. The third-order valence-electron chi connectivity index (χ3n) is 2.03. The number of hydrogen-bond donors (Lipinski definition) is 1. The van der Waals surface area contributed by atoms with Crippen molar-refractivity contribution in [1.29, 1.82) is 0 Å². The average molecular weight is 231 g/mol. The van der Waals surface area contributed by atoms with Gasteiger partial charge in [0.1, 0.15) is 0 Å². The minimum Gasteiger partial charge on any atom is -0.278 e. The minimum absolute atomic E-state index is 0.694. The molecule has 0 spiro atoms. The highest BCUT2D eigenvalue weighted by Crippen LogP contribution is 2.14. The summed E-state index contributed by atoms with van der Waals surface area (Å²) in [5.41, 5.74) is 4.85. The molecule has 0 aliphatic rings. The van der Waals surface area contributed by atoms with E-state index in [1.807, 2.05) is 54.6 Å². The van der Waals surface area contributed by atoms with Gasteiger partial charge in [0.2, 0.25) is 0 Å². The standard InChI is InChI=1S/C13H11ClN2/c14-12-7-4-8-13(9-12)16-15-10-11-5-2-1-3-6-11/h1-10,16H. The normalized spacial score (nSPS) is 10.6. The molecule has 0 saturated heterocycles. The molecular weight excluding hydrogens is 220 g/mol. The fourth-order valence-corrected chi connectivity index (χ4v) is 1.47. The van der Waals surface area contributed by atoms with Crippen molar-refractivity contribution in [2.45, 2.75) is 0 Å². The molecule has 1 N–H and O–H groups in total. The van der Waals surface area contributed by atoms with Crippen LogP contribution in [-0.4, -0.2) is 6.21 Å². The van der Waals surface area contributed by atoms with Crippen LogP contribution < -0.4 is 5.43 Å². The Hall–Kier alpha value is -1.80. The summed E-state index contributed by atoms with van der Waals surface area (Å²) in [7, 11) is 0. The molecule has 0 heterocycles. The van der Waals surface area contributed by atoms with Gasteiger partial charge >= 0.3 is 0 Å². The molecule has 0 bridgehead atoms. The van der Waals surface area contributed by atoms with Crippen molar-refractivity contribution in [3.63, 3.8) is 0 Å². The van der Waals surface area contributed by atoms with E-state index < -0.39 is 0 Å². The highest BCUT2D eigenvalue weighted by atomic mass is 35.5. The molecule has 0 radical (unpaired) electrons. The fraction of sp³-hybridized carbons (Fsp3) is 0. The first kappa shape index (κ1) is 10.7. The van der Waals surface area contributed by atoms with Crippen molar-refractivity contribution in [3.05, 3.63) is 65.2 Å². The summed E-state index contributed by atoms with van der Waals surface area (Å²) in [4.78, 5) is 0. The van der Waals surface area contributed by atoms with E-state index in [4.69, 9.17) is 11.6 Å². The summed E-state index contributed by atoms with van der Waals surface area (Å²) >= 11 is 5.85. The molecule has 3 heteroatoms. The first-order chi connectivity index (χ1) is 7.84. The van der Waals surface area contributed by atoms with E-state index >= 15 is 0 Å². The van der Waals surface area contributed by atoms with Gasteiger partial charge in [0.25, 0.3) is 0 Å². The molecule has 0 saturated carbocycles. The molecule has 0 aliphatic carbocycles. The maximum atomic E-state index is 5.85. The summed E-state index contributed by atoms with van der Waals surface area (Å²) in [5, 5.41) is 4.81. The second kappa shape index (κ2) is 5.33. The maximum absolute atomic E-state index is 5.85. The molecule has 2 nitrogen and oxygen atoms in total. The van der Waals surface area contributed by atoms with Crippen molar-refractivity contribution < 1.29 is 0 Å². The molecule has 16 heavy (non-hydrogen) atoms. The van der Waals surface area contributed by atoms with E-state index in [0.29, 0.717) is 5.02 Å². The van der Waals surface area contributed by atoms with Gasteiger partial charge in [0.05, 0.1) is 11.9 Å². The largest absolute Gasteiger partial charge is 0.278 e. The van der Waals surface area contributed by atoms with E-state index in [1.54, 1.807) is 6.21 Å². The molecule has 0 fully saturated rings. The first-order valence-electron chi connectivity index (χ1n) is 4.94. The van der Waals surface area contributed by atoms with Gasteiger partial charge < -0.3 is 0 Å². The summed E-state index contributed by atoms with van der Waals surface area (Å²) in [6.45, 7) is 0. The number of hydrogen-bond acceptors (Lipinski definition) is 2. The van der Waals surface area contributed by atoms with Crippen LogP contribution in [-0.2, 0) is 0 Å². The van der Waals surface area contributed by atoms with E-state index in [0.717, 1.165) is 11.3 Å². The molecule has 2 aromatic carbocycles. The second-order valence-corrected chi connectivity index (χ2v) is 3.73. The lowest BCUT2D eigenvalue weighted by Gasteiger charge is -1.99. The summed E-state index contributed by atoms with van der Waals surface area (Å²) in [6, 6.07) is 17.3. The third kappa shape index (κ3) is 3.11. The molecule has 2 aromatic rings. The van der Waals surface area contributed by atoms with Crippen LogP contribution in [0.1, 0.15) is 5.56 Å². The Morgan fingerprint density at radius 3 is 2.56 bits per heavy atom. The van der Waals surface area contributed by atoms with Crippen LogP contribution in [0.4, 0.5) is 5.69 Å². The van der Waals surface area contributed by atoms with Gasteiger partial charge in [-0.15, -0.1) is 0 Å². The van der Waals surface area contributed by atoms with Gasteiger partial charge in [0.15, 0.2) is 0 Å². The van der Waals surface area contributed by atoms with Crippen molar-refractivity contribution in [3.8, 4) is 0 Å². The zero-order valence-electron chi connectivity index (χ0n) is 8.60. The molecule has 0 aliphatic heterocycles. The smallest absolute Gasteiger partial charge is 0.0576 e. The predicted octanol–water partition coefficient (Wildman–Crippen LogP) is 3.79. The number of hydrazone groups is 1. The lowest BCUT2D eigenvalue weighted by atomic mass is 10.2. The van der Waals surface area contributed by atoms with E-state index in [9.17, 15) is 0 Å². The molecule has 0 unspecified atom stereocenters. The Bertz CT molecular complexity index is 480. The maximum Gasteiger partial charge on any atom is 0.0576 e. The molecule has 0 atom stereocenters. The Morgan fingerprint density at radius 1 is 1.00 bits per heavy atom. The van der Waals surface area contributed by atoms with Gasteiger partial charge in [-0.2, -0.15) is 5.10 Å². The van der Waals surface area contributed by atoms with Crippen molar-refractivity contribution in [1.82, 2.24) is 0 Å². The average Bonchev–Trinajstić information content (AvgIpc) is 2.30. The van der Waals surface area contributed by atoms with Crippen LogP contribution in [0.3, 0.4) is 0 Å². The monoisotopic (exact) mass is 230 g/mol. The third-order valence-corrected chi connectivity index (χ3v) is 2.27. The first-order valence-corrected chi connectivity index (χ1v) is 5.32. The van der Waals surface area contributed by atoms with Crippen LogP contribution >= 0.6 is 11.6 Å². The quantitative estimate of drug-likeness (QED) is 0.630. The van der Waals surface area contributed by atoms with Crippen molar-refractivity contribution in [2.24, 2.45) is 5.10 Å². The lowest BCUT2D eigenvalue weighted by molar-refractivity contribution is 1.35. The summed E-state index contributed by atoms with van der Waals surface area (Å²) in [5.74, 6) is 0. The molecule has 2 rings (SSSR count). The summed E-state index contributed by atoms with van der Waals surface area (Å²) < 4.78 is 0. The number of nitrogens with zero attached hydrogens (tertiary/aromatic N) is 1. The van der Waals surface area contributed by atoms with E-state index in [2.05, 4.69) is 10.5 Å². The summed E-state index contributed by atoms with van der Waals surface area (Å²) in [6.07, 6.45) is 1.76. The molecule has 80 valence electrons. The van der Waals surface area contributed by atoms with Crippen LogP contribution in [0.15, 0.2) is 59.7 Å². The number of anilines is 1. The van der Waals surface area contributed by atoms with Gasteiger partial charge in [-0.3, -0.25) is 5.43 Å².